The molecule has 134 valence electrons. The minimum atomic E-state index is -0.454. The van der Waals surface area contributed by atoms with Gasteiger partial charge < -0.3 is 0 Å². The first-order valence-corrected chi connectivity index (χ1v) is 10.4. The summed E-state index contributed by atoms with van der Waals surface area (Å²) in [6.07, 6.45) is 6.03. The number of pyridine rings is 1. The molecular weight excluding hydrogens is 437 g/mol. The second-order valence-electron chi connectivity index (χ2n) is 5.43. The van der Waals surface area contributed by atoms with E-state index in [1.807, 2.05) is 19.2 Å². The van der Waals surface area contributed by atoms with Crippen LogP contribution in [0.5, 0.6) is 0 Å². The van der Waals surface area contributed by atoms with Gasteiger partial charge in [0.2, 0.25) is 0 Å². The van der Waals surface area contributed by atoms with Gasteiger partial charge in [-0.05, 0) is 42.0 Å². The molecule has 1 aromatic carbocycles. The van der Waals surface area contributed by atoms with E-state index in [-0.39, 0.29) is 18.2 Å². The molecule has 0 N–H and O–H groups in total. The van der Waals surface area contributed by atoms with Gasteiger partial charge in [-0.3, -0.25) is 9.78 Å². The number of aromatic nitrogens is 3. The molecule has 8 heteroatoms. The third-order valence-electron chi connectivity index (χ3n) is 4.00. The summed E-state index contributed by atoms with van der Waals surface area (Å²) in [6, 6.07) is 5.36. The van der Waals surface area contributed by atoms with Crippen LogP contribution in [0, 0.1) is 0 Å². The molecule has 0 spiro atoms. The lowest BCUT2D eigenvalue weighted by atomic mass is 10.1. The molecule has 4 nitrogen and oxygen atoms in total. The number of fused-ring (bicyclic) bond motifs is 1. The monoisotopic (exact) mass is 451 g/mol. The number of nitrogens with zero attached hydrogens (tertiary/aromatic N) is 3. The molecule has 0 bridgehead atoms. The molecule has 26 heavy (non-hydrogen) atoms. The Morgan fingerprint density at radius 2 is 2.15 bits per heavy atom. The maximum Gasteiger partial charge on any atom is 0.273 e. The molecule has 0 saturated carbocycles. The zero-order valence-corrected chi connectivity index (χ0v) is 17.3. The van der Waals surface area contributed by atoms with Gasteiger partial charge in [0.25, 0.3) is 5.56 Å². The van der Waals surface area contributed by atoms with Crippen LogP contribution in [0.25, 0.3) is 28.5 Å². The van der Waals surface area contributed by atoms with Crippen LogP contribution < -0.4 is 5.56 Å². The smallest absolute Gasteiger partial charge is 0.268 e. The van der Waals surface area contributed by atoms with Gasteiger partial charge in [0.15, 0.2) is 18.2 Å². The number of rotatable bonds is 5. The molecule has 0 aliphatic heterocycles. The summed E-state index contributed by atoms with van der Waals surface area (Å²) < 4.78 is 15.3. The van der Waals surface area contributed by atoms with Crippen molar-refractivity contribution in [2.75, 3.05) is 6.26 Å². The van der Waals surface area contributed by atoms with Crippen molar-refractivity contribution in [1.82, 2.24) is 13.9 Å². The normalized spacial score (nSPS) is 11.1. The van der Waals surface area contributed by atoms with Gasteiger partial charge in [-0.15, -0.1) is 15.6 Å². The molecule has 0 amide bonds. The standard InChI is InChI=1S/C18H15BrFN3OS2/c1-4-10-7-14(21-9-15(10)25-3)17-22-16-11(5-2)6-12(19)8-13(16)18(24)23(17)26-20/h4,6-9H,1,5H2,2-3H3. The first-order valence-electron chi connectivity index (χ1n) is 7.75. The molecule has 0 saturated heterocycles. The third-order valence-corrected chi connectivity index (χ3v) is 5.71. The fourth-order valence-corrected chi connectivity index (χ4v) is 4.12. The molecule has 0 fully saturated rings. The summed E-state index contributed by atoms with van der Waals surface area (Å²) in [4.78, 5) is 22.8. The quantitative estimate of drug-likeness (QED) is 0.477. The molecule has 0 atom stereocenters. The van der Waals surface area contributed by atoms with Crippen LogP contribution in [0.1, 0.15) is 18.1 Å². The van der Waals surface area contributed by atoms with Crippen molar-refractivity contribution in [3.8, 4) is 11.5 Å². The van der Waals surface area contributed by atoms with Gasteiger partial charge in [0, 0.05) is 15.6 Å². The van der Waals surface area contributed by atoms with Gasteiger partial charge in [-0.2, -0.15) is 0 Å². The summed E-state index contributed by atoms with van der Waals surface area (Å²) in [5, 5.41) is 0.370. The first-order chi connectivity index (χ1) is 12.5. The van der Waals surface area contributed by atoms with Crippen molar-refractivity contribution < 1.29 is 3.89 Å². The van der Waals surface area contributed by atoms with Gasteiger partial charge in [0.05, 0.1) is 10.9 Å². The van der Waals surface area contributed by atoms with Gasteiger partial charge >= 0.3 is 0 Å². The number of aryl methyl sites for hydroxylation is 1. The number of halogens is 2. The van der Waals surface area contributed by atoms with Gasteiger partial charge in [-0.25, -0.2) is 8.96 Å². The molecule has 0 unspecified atom stereocenters. The fourth-order valence-electron chi connectivity index (χ4n) is 2.71. The summed E-state index contributed by atoms with van der Waals surface area (Å²) in [6.45, 7) is 5.79. The Bertz CT molecular complexity index is 1070. The van der Waals surface area contributed by atoms with Crippen molar-refractivity contribution in [1.29, 1.82) is 0 Å². The lowest BCUT2D eigenvalue weighted by Crippen LogP contribution is -2.19. The predicted octanol–water partition coefficient (Wildman–Crippen LogP) is 5.53. The SMILES string of the molecule is C=Cc1cc(-c2nc3c(CC)cc(Br)cc3c(=O)n2SF)ncc1SC. The largest absolute Gasteiger partial charge is 0.273 e. The Morgan fingerprint density at radius 1 is 1.38 bits per heavy atom. The van der Waals surface area contributed by atoms with Crippen LogP contribution in [0.3, 0.4) is 0 Å². The Balaban J connectivity index is 2.38. The van der Waals surface area contributed by atoms with Crippen LogP contribution in [0.15, 0.2) is 45.1 Å². The molecule has 0 aliphatic rings. The number of hydrogen-bond acceptors (Lipinski definition) is 5. The maximum atomic E-state index is 13.6. The number of benzene rings is 1. The maximum absolute atomic E-state index is 13.6. The molecule has 0 radical (unpaired) electrons. The zero-order valence-electron chi connectivity index (χ0n) is 14.1. The molecule has 3 rings (SSSR count). The second-order valence-corrected chi connectivity index (χ2v) is 7.70. The van der Waals surface area contributed by atoms with Crippen LogP contribution in [0.4, 0.5) is 3.89 Å². The Morgan fingerprint density at radius 3 is 2.77 bits per heavy atom. The molecule has 2 aromatic heterocycles. The molecule has 2 heterocycles. The summed E-state index contributed by atoms with van der Waals surface area (Å²) >= 11 is 4.77. The Hall–Kier alpha value is -1.64. The molecular formula is C18H15BrFN3OS2. The fraction of sp³-hybridized carbons (Fsp3) is 0.167. The lowest BCUT2D eigenvalue weighted by molar-refractivity contribution is 0.902. The van der Waals surface area contributed by atoms with E-state index < -0.39 is 5.56 Å². The van der Waals surface area contributed by atoms with Crippen LogP contribution in [-0.4, -0.2) is 20.2 Å². The average molecular weight is 452 g/mol. The van der Waals surface area contributed by atoms with Crippen LogP contribution >= 0.6 is 40.0 Å². The van der Waals surface area contributed by atoms with Gasteiger partial charge in [0.1, 0.15) is 5.69 Å². The highest BCUT2D eigenvalue weighted by Gasteiger charge is 2.18. The zero-order chi connectivity index (χ0) is 18.8. The molecule has 0 aliphatic carbocycles. The molecule has 3 aromatic rings. The van der Waals surface area contributed by atoms with E-state index in [1.165, 1.54) is 0 Å². The van der Waals surface area contributed by atoms with Crippen molar-refractivity contribution in [3.05, 3.63) is 56.9 Å². The van der Waals surface area contributed by atoms with E-state index in [0.717, 1.165) is 24.5 Å². The average Bonchev–Trinajstić information content (AvgIpc) is 2.67. The summed E-state index contributed by atoms with van der Waals surface area (Å²) in [5.41, 5.74) is 2.31. The van der Waals surface area contributed by atoms with E-state index in [4.69, 9.17) is 0 Å². The van der Waals surface area contributed by atoms with Crippen molar-refractivity contribution in [2.45, 2.75) is 18.2 Å². The van der Waals surface area contributed by atoms with Crippen LogP contribution in [-0.2, 0) is 6.42 Å². The highest BCUT2D eigenvalue weighted by Crippen LogP contribution is 2.29. The Kier molecular flexibility index (Phi) is 5.84. The second kappa shape index (κ2) is 7.94. The van der Waals surface area contributed by atoms with Gasteiger partial charge in [-0.1, -0.05) is 35.5 Å². The van der Waals surface area contributed by atoms with Crippen LogP contribution in [0.2, 0.25) is 0 Å². The van der Waals surface area contributed by atoms with Crippen molar-refractivity contribution >= 4 is 57.0 Å². The van der Waals surface area contributed by atoms with Crippen molar-refractivity contribution in [3.63, 3.8) is 0 Å². The topological polar surface area (TPSA) is 47.8 Å². The summed E-state index contributed by atoms with van der Waals surface area (Å²) in [7, 11) is 0. The highest BCUT2D eigenvalue weighted by atomic mass is 79.9. The highest BCUT2D eigenvalue weighted by molar-refractivity contribution is 9.10. The summed E-state index contributed by atoms with van der Waals surface area (Å²) in [5.74, 6) is 0.183. The van der Waals surface area contributed by atoms with E-state index in [1.54, 1.807) is 36.2 Å². The number of hydrogen-bond donors (Lipinski definition) is 0. The number of thioether (sulfide) groups is 1. The van der Waals surface area contributed by atoms with E-state index in [0.29, 0.717) is 23.0 Å². The lowest BCUT2D eigenvalue weighted by Gasteiger charge is -2.12. The first kappa shape index (κ1) is 19.1. The minimum Gasteiger partial charge on any atom is -0.268 e. The van der Waals surface area contributed by atoms with E-state index in [9.17, 15) is 8.68 Å². The van der Waals surface area contributed by atoms with Crippen molar-refractivity contribution in [2.24, 2.45) is 0 Å². The third kappa shape index (κ3) is 3.33. The van der Waals surface area contributed by atoms with E-state index in [2.05, 4.69) is 32.5 Å². The minimum absolute atomic E-state index is 0.170. The van der Waals surface area contributed by atoms with E-state index >= 15 is 0 Å². The Labute approximate surface area is 167 Å². The predicted molar refractivity (Wildman–Crippen MR) is 112 cm³/mol.